The number of aryl methyl sites for hydroxylation is 1. The maximum Gasteiger partial charge on any atom is 0.311 e. The van der Waals surface area contributed by atoms with Crippen molar-refractivity contribution in [2.45, 2.75) is 18.2 Å². The molecule has 0 aromatic heterocycles. The van der Waals surface area contributed by atoms with E-state index in [2.05, 4.69) is 5.32 Å². The van der Waals surface area contributed by atoms with E-state index in [1.807, 2.05) is 0 Å². The molecule has 11 nitrogen and oxygen atoms in total. The lowest BCUT2D eigenvalue weighted by molar-refractivity contribution is -0.151. The van der Waals surface area contributed by atoms with Gasteiger partial charge >= 0.3 is 5.97 Å². The number of esters is 1. The topological polar surface area (TPSA) is 132 Å². The van der Waals surface area contributed by atoms with Crippen molar-refractivity contribution < 1.29 is 37.0 Å². The molecule has 192 valence electrons. The lowest BCUT2D eigenvalue weighted by Gasteiger charge is -2.22. The third kappa shape index (κ3) is 5.29. The summed E-state index contributed by atoms with van der Waals surface area (Å²) in [5.41, 5.74) is 1.52. The van der Waals surface area contributed by atoms with E-state index < -0.39 is 34.4 Å². The maximum absolute atomic E-state index is 12.6. The smallest absolute Gasteiger partial charge is 0.311 e. The summed E-state index contributed by atoms with van der Waals surface area (Å²) in [6.45, 7) is 2.12. The highest BCUT2D eigenvalue weighted by atomic mass is 32.2. The molecular formula is C24H27N3O8S. The molecule has 0 spiro atoms. The van der Waals surface area contributed by atoms with Gasteiger partial charge in [0.1, 0.15) is 13.2 Å². The average Bonchev–Trinajstić information content (AvgIpc) is 3.25. The number of fused-ring (bicyclic) bond motifs is 1. The summed E-state index contributed by atoms with van der Waals surface area (Å²) in [5, 5.41) is 2.58. The van der Waals surface area contributed by atoms with Crippen molar-refractivity contribution in [3.05, 3.63) is 42.0 Å². The molecule has 1 saturated heterocycles. The predicted molar refractivity (Wildman–Crippen MR) is 130 cm³/mol. The molecule has 2 aliphatic heterocycles. The molecular weight excluding hydrogens is 490 g/mol. The second kappa shape index (κ2) is 10.2. The van der Waals surface area contributed by atoms with Crippen molar-refractivity contribution >= 4 is 39.2 Å². The summed E-state index contributed by atoms with van der Waals surface area (Å²) < 4.78 is 42.0. The van der Waals surface area contributed by atoms with Gasteiger partial charge in [0.25, 0.3) is 5.91 Å². The Labute approximate surface area is 209 Å². The fourth-order valence-electron chi connectivity index (χ4n) is 3.86. The normalized spacial score (nSPS) is 17.3. The third-order valence-electron chi connectivity index (χ3n) is 5.90. The van der Waals surface area contributed by atoms with Crippen LogP contribution in [0.4, 0.5) is 11.4 Å². The van der Waals surface area contributed by atoms with Gasteiger partial charge in [-0.05, 0) is 36.8 Å². The molecule has 2 aromatic carbocycles. The van der Waals surface area contributed by atoms with E-state index in [1.54, 1.807) is 31.2 Å². The maximum atomic E-state index is 12.6. The van der Waals surface area contributed by atoms with Crippen LogP contribution in [0.2, 0.25) is 0 Å². The number of hydrogen-bond donors (Lipinski definition) is 1. The van der Waals surface area contributed by atoms with Crippen LogP contribution in [0.1, 0.15) is 12.0 Å². The third-order valence-corrected chi connectivity index (χ3v) is 7.71. The molecule has 1 N–H and O–H groups in total. The largest absolute Gasteiger partial charge is 0.486 e. The van der Waals surface area contributed by atoms with Crippen LogP contribution in [0.15, 0.2) is 41.3 Å². The number of carbonyl (C=O) groups is 3. The SMILES string of the molecule is Cc1ccc(S(=O)(=O)N(C)C)cc1NC(=O)COC(=O)[C@@H]1CC(=O)N(c2ccc3c(c2)OCCO3)C1. The zero-order valence-corrected chi connectivity index (χ0v) is 21.0. The average molecular weight is 518 g/mol. The van der Waals surface area contributed by atoms with Crippen molar-refractivity contribution in [3.63, 3.8) is 0 Å². The summed E-state index contributed by atoms with van der Waals surface area (Å²) in [6, 6.07) is 9.51. The van der Waals surface area contributed by atoms with E-state index >= 15 is 0 Å². The molecule has 12 heteroatoms. The van der Waals surface area contributed by atoms with Crippen LogP contribution in [0.5, 0.6) is 11.5 Å². The van der Waals surface area contributed by atoms with Gasteiger partial charge in [-0.3, -0.25) is 14.4 Å². The van der Waals surface area contributed by atoms with Gasteiger partial charge in [-0.15, -0.1) is 0 Å². The lowest BCUT2D eigenvalue weighted by atomic mass is 10.1. The summed E-state index contributed by atoms with van der Waals surface area (Å²) in [5.74, 6) is -1.13. The van der Waals surface area contributed by atoms with E-state index in [0.717, 1.165) is 4.31 Å². The van der Waals surface area contributed by atoms with E-state index in [4.69, 9.17) is 14.2 Å². The van der Waals surface area contributed by atoms with E-state index in [9.17, 15) is 22.8 Å². The van der Waals surface area contributed by atoms with Crippen LogP contribution in [-0.2, 0) is 29.1 Å². The van der Waals surface area contributed by atoms with Gasteiger partial charge in [0.05, 0.1) is 10.8 Å². The standard InChI is InChI=1S/C24H27N3O8S/c1-15-4-6-18(36(31,32)26(2)3)12-19(15)25-22(28)14-35-24(30)16-10-23(29)27(13-16)17-5-7-20-21(11-17)34-9-8-33-20/h4-7,11-12,16H,8-10,13-14H2,1-3H3,(H,25,28)/t16-/m1/s1. The van der Waals surface area contributed by atoms with Crippen molar-refractivity contribution in [2.24, 2.45) is 5.92 Å². The number of nitrogens with one attached hydrogen (secondary N) is 1. The zero-order chi connectivity index (χ0) is 26.0. The van der Waals surface area contributed by atoms with Crippen LogP contribution in [0.3, 0.4) is 0 Å². The molecule has 2 aromatic rings. The second-order valence-corrected chi connectivity index (χ2v) is 10.8. The minimum atomic E-state index is -3.68. The van der Waals surface area contributed by atoms with Crippen LogP contribution < -0.4 is 19.7 Å². The van der Waals surface area contributed by atoms with E-state index in [-0.39, 0.29) is 23.8 Å². The number of anilines is 2. The lowest BCUT2D eigenvalue weighted by Crippen LogP contribution is -2.28. The fourth-order valence-corrected chi connectivity index (χ4v) is 4.79. The highest BCUT2D eigenvalue weighted by Gasteiger charge is 2.37. The van der Waals surface area contributed by atoms with Gasteiger partial charge in [-0.1, -0.05) is 6.07 Å². The predicted octanol–water partition coefficient (Wildman–Crippen LogP) is 1.55. The van der Waals surface area contributed by atoms with Crippen LogP contribution in [-0.4, -0.2) is 71.0 Å². The highest BCUT2D eigenvalue weighted by molar-refractivity contribution is 7.89. The van der Waals surface area contributed by atoms with Crippen molar-refractivity contribution in [1.82, 2.24) is 4.31 Å². The first-order valence-corrected chi connectivity index (χ1v) is 12.7. The molecule has 0 unspecified atom stereocenters. The number of benzene rings is 2. The molecule has 2 amide bonds. The van der Waals surface area contributed by atoms with E-state index in [1.165, 1.54) is 31.1 Å². The Morgan fingerprint density at radius 3 is 2.56 bits per heavy atom. The molecule has 0 bridgehead atoms. The van der Waals surface area contributed by atoms with Crippen molar-refractivity contribution in [2.75, 3.05) is 50.7 Å². The van der Waals surface area contributed by atoms with Crippen molar-refractivity contribution in [3.8, 4) is 11.5 Å². The number of amides is 2. The van der Waals surface area contributed by atoms with Gasteiger partial charge in [-0.25, -0.2) is 12.7 Å². The van der Waals surface area contributed by atoms with E-state index in [0.29, 0.717) is 41.7 Å². The molecule has 1 atom stereocenters. The first-order valence-electron chi connectivity index (χ1n) is 11.3. The van der Waals surface area contributed by atoms with Crippen LogP contribution in [0, 0.1) is 12.8 Å². The number of hydrogen-bond acceptors (Lipinski definition) is 8. The quantitative estimate of drug-likeness (QED) is 0.548. The second-order valence-electron chi connectivity index (χ2n) is 8.65. The fraction of sp³-hybridized carbons (Fsp3) is 0.375. The van der Waals surface area contributed by atoms with Crippen LogP contribution in [0.25, 0.3) is 0 Å². The molecule has 0 radical (unpaired) electrons. The Balaban J connectivity index is 1.35. The molecule has 0 saturated carbocycles. The number of ether oxygens (including phenoxy) is 3. The number of sulfonamides is 1. The van der Waals surface area contributed by atoms with Crippen molar-refractivity contribution in [1.29, 1.82) is 0 Å². The Hall–Kier alpha value is -3.64. The first-order chi connectivity index (χ1) is 17.1. The Morgan fingerprint density at radius 2 is 1.83 bits per heavy atom. The first kappa shape index (κ1) is 25.5. The highest BCUT2D eigenvalue weighted by Crippen LogP contribution is 2.36. The molecule has 1 fully saturated rings. The summed E-state index contributed by atoms with van der Waals surface area (Å²) >= 11 is 0. The van der Waals surface area contributed by atoms with Crippen LogP contribution >= 0.6 is 0 Å². The van der Waals surface area contributed by atoms with Gasteiger partial charge in [0.15, 0.2) is 18.1 Å². The molecule has 2 heterocycles. The molecule has 36 heavy (non-hydrogen) atoms. The molecule has 4 rings (SSSR count). The molecule has 0 aliphatic carbocycles. The summed E-state index contributed by atoms with van der Waals surface area (Å²) in [6.07, 6.45) is -0.0432. The van der Waals surface area contributed by atoms with Gasteiger partial charge in [-0.2, -0.15) is 0 Å². The zero-order valence-electron chi connectivity index (χ0n) is 20.1. The Morgan fingerprint density at radius 1 is 1.11 bits per heavy atom. The number of rotatable bonds is 7. The summed E-state index contributed by atoms with van der Waals surface area (Å²) in [4.78, 5) is 39.0. The Kier molecular flexibility index (Phi) is 7.18. The monoisotopic (exact) mass is 517 g/mol. The summed E-state index contributed by atoms with van der Waals surface area (Å²) in [7, 11) is -0.858. The van der Waals surface area contributed by atoms with Gasteiger partial charge < -0.3 is 24.4 Å². The Bertz CT molecular complexity index is 1310. The minimum absolute atomic E-state index is 0.0223. The van der Waals surface area contributed by atoms with Gasteiger partial charge in [0.2, 0.25) is 15.9 Å². The number of carbonyl (C=O) groups excluding carboxylic acids is 3. The molecule has 2 aliphatic rings. The van der Waals surface area contributed by atoms with Gasteiger partial charge in [0, 0.05) is 44.5 Å². The minimum Gasteiger partial charge on any atom is -0.486 e. The number of nitrogens with zero attached hydrogens (tertiary/aromatic N) is 2.